The molecule has 1 saturated heterocycles. The Balaban J connectivity index is 2.04. The topological polar surface area (TPSA) is 71.2 Å². The molecule has 0 radical (unpaired) electrons. The highest BCUT2D eigenvalue weighted by atomic mass is 16.2. The summed E-state index contributed by atoms with van der Waals surface area (Å²) in [6, 6.07) is 3.86. The van der Waals surface area contributed by atoms with E-state index in [1.54, 1.807) is 12.4 Å². The number of rotatable bonds is 4. The molecule has 0 saturated carbocycles. The second kappa shape index (κ2) is 5.75. The van der Waals surface area contributed by atoms with E-state index in [1.165, 1.54) is 5.56 Å². The molecule has 17 heavy (non-hydrogen) atoms. The molecule has 1 aromatic heterocycles. The van der Waals surface area contributed by atoms with Gasteiger partial charge in [0, 0.05) is 32.0 Å². The minimum atomic E-state index is -0.0954. The lowest BCUT2D eigenvalue weighted by Crippen LogP contribution is -2.55. The van der Waals surface area contributed by atoms with Crippen LogP contribution in [0.5, 0.6) is 0 Å². The zero-order valence-corrected chi connectivity index (χ0v) is 9.80. The molecule has 1 aliphatic heterocycles. The molecule has 2 heterocycles. The summed E-state index contributed by atoms with van der Waals surface area (Å²) in [4.78, 5) is 17.9. The van der Waals surface area contributed by atoms with Gasteiger partial charge in [-0.3, -0.25) is 14.7 Å². The Labute approximate surface area is 101 Å². The van der Waals surface area contributed by atoms with Crippen molar-refractivity contribution in [2.75, 3.05) is 19.6 Å². The summed E-state index contributed by atoms with van der Waals surface area (Å²) < 4.78 is 0. The van der Waals surface area contributed by atoms with Crippen molar-refractivity contribution in [2.45, 2.75) is 19.0 Å². The van der Waals surface area contributed by atoms with Gasteiger partial charge in [-0.15, -0.1) is 0 Å². The lowest BCUT2D eigenvalue weighted by Gasteiger charge is -2.34. The molecule has 92 valence electrons. The molecule has 1 atom stereocenters. The van der Waals surface area contributed by atoms with Crippen LogP contribution >= 0.6 is 0 Å². The molecule has 0 bridgehead atoms. The second-order valence-electron chi connectivity index (χ2n) is 4.21. The number of amides is 1. The van der Waals surface area contributed by atoms with Crippen LogP contribution in [0.15, 0.2) is 24.5 Å². The molecule has 1 amide bonds. The Kier molecular flexibility index (Phi) is 4.06. The van der Waals surface area contributed by atoms with Gasteiger partial charge in [0.15, 0.2) is 0 Å². The van der Waals surface area contributed by atoms with Gasteiger partial charge in [-0.25, -0.2) is 0 Å². The summed E-state index contributed by atoms with van der Waals surface area (Å²) in [5, 5.41) is 2.88. The fraction of sp³-hybridized carbons (Fsp3) is 0.500. The van der Waals surface area contributed by atoms with E-state index in [0.717, 1.165) is 13.1 Å². The van der Waals surface area contributed by atoms with E-state index in [9.17, 15) is 4.79 Å². The minimum absolute atomic E-state index is 0.0933. The van der Waals surface area contributed by atoms with Gasteiger partial charge >= 0.3 is 0 Å². The third kappa shape index (κ3) is 3.01. The largest absolute Gasteiger partial charge is 0.353 e. The molecule has 0 aliphatic carbocycles. The number of nitrogens with one attached hydrogen (secondary N) is 1. The van der Waals surface area contributed by atoms with Gasteiger partial charge in [-0.1, -0.05) is 0 Å². The maximum absolute atomic E-state index is 11.8. The molecule has 1 fully saturated rings. The highest BCUT2D eigenvalue weighted by Crippen LogP contribution is 2.12. The zero-order valence-electron chi connectivity index (χ0n) is 9.80. The number of hydrogen-bond donors (Lipinski definition) is 2. The lowest BCUT2D eigenvalue weighted by molar-refractivity contribution is -0.129. The number of nitrogens with zero attached hydrogens (tertiary/aromatic N) is 2. The predicted molar refractivity (Wildman–Crippen MR) is 65.1 cm³/mol. The fourth-order valence-electron chi connectivity index (χ4n) is 2.15. The zero-order chi connectivity index (χ0) is 12.1. The molecule has 1 aromatic rings. The van der Waals surface area contributed by atoms with Gasteiger partial charge in [0.1, 0.15) is 0 Å². The highest BCUT2D eigenvalue weighted by Gasteiger charge is 2.28. The SMILES string of the molecule is NCCC1C(=O)NCCN1Cc1ccncc1. The number of hydrogen-bond acceptors (Lipinski definition) is 4. The number of nitrogens with two attached hydrogens (primary N) is 1. The van der Waals surface area contributed by atoms with Crippen LogP contribution in [0.25, 0.3) is 0 Å². The summed E-state index contributed by atoms with van der Waals surface area (Å²) in [6.07, 6.45) is 4.26. The molecule has 5 nitrogen and oxygen atoms in total. The Morgan fingerprint density at radius 1 is 1.47 bits per heavy atom. The summed E-state index contributed by atoms with van der Waals surface area (Å²) in [7, 11) is 0. The van der Waals surface area contributed by atoms with E-state index in [-0.39, 0.29) is 11.9 Å². The van der Waals surface area contributed by atoms with Crippen LogP contribution in [-0.4, -0.2) is 41.5 Å². The van der Waals surface area contributed by atoms with Crippen LogP contribution < -0.4 is 11.1 Å². The van der Waals surface area contributed by atoms with Crippen molar-refractivity contribution in [3.63, 3.8) is 0 Å². The summed E-state index contributed by atoms with van der Waals surface area (Å²) in [5.41, 5.74) is 6.74. The Morgan fingerprint density at radius 2 is 2.24 bits per heavy atom. The molecule has 1 unspecified atom stereocenters. The van der Waals surface area contributed by atoms with E-state index < -0.39 is 0 Å². The van der Waals surface area contributed by atoms with Crippen molar-refractivity contribution in [1.29, 1.82) is 0 Å². The van der Waals surface area contributed by atoms with Gasteiger partial charge < -0.3 is 11.1 Å². The quantitative estimate of drug-likeness (QED) is 0.752. The van der Waals surface area contributed by atoms with Crippen LogP contribution in [-0.2, 0) is 11.3 Å². The van der Waals surface area contributed by atoms with Crippen molar-refractivity contribution < 1.29 is 4.79 Å². The molecule has 3 N–H and O–H groups in total. The van der Waals surface area contributed by atoms with E-state index >= 15 is 0 Å². The first-order chi connectivity index (χ1) is 8.31. The molecule has 0 spiro atoms. The van der Waals surface area contributed by atoms with Gasteiger partial charge in [0.25, 0.3) is 0 Å². The van der Waals surface area contributed by atoms with Crippen molar-refractivity contribution >= 4 is 5.91 Å². The van der Waals surface area contributed by atoms with Crippen LogP contribution in [0.3, 0.4) is 0 Å². The standard InChI is InChI=1S/C12H18N4O/c13-4-1-11-12(17)15-7-8-16(11)9-10-2-5-14-6-3-10/h2-3,5-6,11H,1,4,7-9,13H2,(H,15,17). The predicted octanol–water partition coefficient (Wildman–Crippen LogP) is -0.269. The molecule has 0 aromatic carbocycles. The van der Waals surface area contributed by atoms with E-state index in [1.807, 2.05) is 12.1 Å². The monoisotopic (exact) mass is 234 g/mol. The smallest absolute Gasteiger partial charge is 0.237 e. The van der Waals surface area contributed by atoms with E-state index in [4.69, 9.17) is 5.73 Å². The molecular weight excluding hydrogens is 216 g/mol. The fourth-order valence-corrected chi connectivity index (χ4v) is 2.15. The van der Waals surface area contributed by atoms with Gasteiger partial charge in [-0.05, 0) is 30.7 Å². The maximum atomic E-state index is 11.8. The maximum Gasteiger partial charge on any atom is 0.237 e. The van der Waals surface area contributed by atoms with Gasteiger partial charge in [0.05, 0.1) is 6.04 Å². The lowest BCUT2D eigenvalue weighted by atomic mass is 10.1. The molecule has 1 aliphatic rings. The van der Waals surface area contributed by atoms with Crippen molar-refractivity contribution in [3.8, 4) is 0 Å². The first-order valence-electron chi connectivity index (χ1n) is 5.92. The van der Waals surface area contributed by atoms with Crippen LogP contribution in [0.2, 0.25) is 0 Å². The summed E-state index contributed by atoms with van der Waals surface area (Å²) in [6.45, 7) is 2.90. The average molecular weight is 234 g/mol. The van der Waals surface area contributed by atoms with Crippen LogP contribution in [0.4, 0.5) is 0 Å². The van der Waals surface area contributed by atoms with Crippen molar-refractivity contribution in [3.05, 3.63) is 30.1 Å². The normalized spacial score (nSPS) is 21.2. The first kappa shape index (κ1) is 12.0. The van der Waals surface area contributed by atoms with Gasteiger partial charge in [-0.2, -0.15) is 0 Å². The van der Waals surface area contributed by atoms with Crippen LogP contribution in [0.1, 0.15) is 12.0 Å². The van der Waals surface area contributed by atoms with E-state index in [2.05, 4.69) is 15.2 Å². The van der Waals surface area contributed by atoms with Gasteiger partial charge in [0.2, 0.25) is 5.91 Å². The highest BCUT2D eigenvalue weighted by molar-refractivity contribution is 5.82. The molecule has 5 heteroatoms. The number of aromatic nitrogens is 1. The summed E-state index contributed by atoms with van der Waals surface area (Å²) >= 11 is 0. The number of carbonyl (C=O) groups excluding carboxylic acids is 1. The number of carbonyl (C=O) groups is 1. The summed E-state index contributed by atoms with van der Waals surface area (Å²) in [5.74, 6) is 0.0933. The van der Waals surface area contributed by atoms with E-state index in [0.29, 0.717) is 19.5 Å². The Hall–Kier alpha value is -1.46. The minimum Gasteiger partial charge on any atom is -0.353 e. The average Bonchev–Trinajstić information content (AvgIpc) is 2.35. The Morgan fingerprint density at radius 3 is 2.94 bits per heavy atom. The third-order valence-electron chi connectivity index (χ3n) is 3.02. The molecule has 2 rings (SSSR count). The first-order valence-corrected chi connectivity index (χ1v) is 5.92. The van der Waals surface area contributed by atoms with Crippen molar-refractivity contribution in [2.24, 2.45) is 5.73 Å². The Bertz CT molecular complexity index is 368. The van der Waals surface area contributed by atoms with Crippen LogP contribution in [0, 0.1) is 0 Å². The third-order valence-corrected chi connectivity index (χ3v) is 3.02. The number of piperazine rings is 1. The second-order valence-corrected chi connectivity index (χ2v) is 4.21. The van der Waals surface area contributed by atoms with Crippen molar-refractivity contribution in [1.82, 2.24) is 15.2 Å². The molecular formula is C12H18N4O. The number of pyridine rings is 1.